The van der Waals surface area contributed by atoms with Gasteiger partial charge in [-0.25, -0.2) is 0 Å². The SMILES string of the molecule is CC(C)(C)OC(=O)[C@H]1C[C@H]2CCCCC[C@@H]2N1.Cl. The molecule has 0 bridgehead atoms. The van der Waals surface area contributed by atoms with Crippen molar-refractivity contribution in [3.8, 4) is 0 Å². The number of carbonyl (C=O) groups excluding carboxylic acids is 1. The maximum Gasteiger partial charge on any atom is 0.323 e. The third kappa shape index (κ3) is 4.13. The zero-order valence-corrected chi connectivity index (χ0v) is 12.5. The molecule has 2 rings (SSSR count). The molecule has 4 heteroatoms. The smallest absolute Gasteiger partial charge is 0.323 e. The lowest BCUT2D eigenvalue weighted by atomic mass is 9.94. The van der Waals surface area contributed by atoms with Crippen LogP contribution < -0.4 is 5.32 Å². The van der Waals surface area contributed by atoms with Gasteiger partial charge in [0.15, 0.2) is 0 Å². The lowest BCUT2D eigenvalue weighted by molar-refractivity contribution is -0.157. The van der Waals surface area contributed by atoms with E-state index in [0.717, 1.165) is 6.42 Å². The molecule has 1 aliphatic carbocycles. The van der Waals surface area contributed by atoms with Gasteiger partial charge in [-0.3, -0.25) is 4.79 Å². The van der Waals surface area contributed by atoms with Gasteiger partial charge in [0, 0.05) is 6.04 Å². The maximum absolute atomic E-state index is 12.0. The van der Waals surface area contributed by atoms with E-state index in [1.165, 1.54) is 32.1 Å². The fourth-order valence-corrected chi connectivity index (χ4v) is 3.05. The van der Waals surface area contributed by atoms with Crippen molar-refractivity contribution in [3.05, 3.63) is 0 Å². The van der Waals surface area contributed by atoms with E-state index in [2.05, 4.69) is 5.32 Å². The van der Waals surface area contributed by atoms with Crippen molar-refractivity contribution in [2.75, 3.05) is 0 Å². The number of esters is 1. The summed E-state index contributed by atoms with van der Waals surface area (Å²) in [6.45, 7) is 5.79. The van der Waals surface area contributed by atoms with Crippen LogP contribution in [0.3, 0.4) is 0 Å². The average Bonchev–Trinajstić information content (AvgIpc) is 2.48. The Morgan fingerprint density at radius 1 is 1.17 bits per heavy atom. The molecule has 2 fully saturated rings. The van der Waals surface area contributed by atoms with Crippen molar-refractivity contribution < 1.29 is 9.53 Å². The summed E-state index contributed by atoms with van der Waals surface area (Å²) in [4.78, 5) is 12.0. The Morgan fingerprint density at radius 3 is 2.50 bits per heavy atom. The fourth-order valence-electron chi connectivity index (χ4n) is 3.05. The average molecular weight is 276 g/mol. The van der Waals surface area contributed by atoms with Crippen LogP contribution in [0.2, 0.25) is 0 Å². The zero-order chi connectivity index (χ0) is 12.5. The molecular formula is C14H26ClNO2. The Kier molecular flexibility index (Phi) is 5.47. The highest BCUT2D eigenvalue weighted by Crippen LogP contribution is 2.32. The normalized spacial score (nSPS) is 32.1. The number of carbonyl (C=O) groups is 1. The molecule has 2 aliphatic rings. The fraction of sp³-hybridized carbons (Fsp3) is 0.929. The second-order valence-corrected chi connectivity index (χ2v) is 6.49. The van der Waals surface area contributed by atoms with E-state index in [0.29, 0.717) is 12.0 Å². The first kappa shape index (κ1) is 15.8. The highest BCUT2D eigenvalue weighted by atomic mass is 35.5. The summed E-state index contributed by atoms with van der Waals surface area (Å²) in [6, 6.07) is 0.484. The van der Waals surface area contributed by atoms with Gasteiger partial charge in [0.1, 0.15) is 11.6 Å². The van der Waals surface area contributed by atoms with Crippen LogP contribution >= 0.6 is 12.4 Å². The van der Waals surface area contributed by atoms with Crippen molar-refractivity contribution in [2.24, 2.45) is 5.92 Å². The second kappa shape index (κ2) is 6.25. The van der Waals surface area contributed by atoms with Crippen LogP contribution in [0.5, 0.6) is 0 Å². The number of nitrogens with one attached hydrogen (secondary N) is 1. The minimum absolute atomic E-state index is 0. The summed E-state index contributed by atoms with van der Waals surface area (Å²) in [7, 11) is 0. The van der Waals surface area contributed by atoms with E-state index in [4.69, 9.17) is 4.74 Å². The Balaban J connectivity index is 0.00000162. The van der Waals surface area contributed by atoms with E-state index in [9.17, 15) is 4.79 Å². The van der Waals surface area contributed by atoms with E-state index in [1.54, 1.807) is 0 Å². The minimum Gasteiger partial charge on any atom is -0.459 e. The van der Waals surface area contributed by atoms with Crippen LogP contribution in [0.4, 0.5) is 0 Å². The van der Waals surface area contributed by atoms with Crippen molar-refractivity contribution in [1.82, 2.24) is 5.32 Å². The molecule has 0 unspecified atom stereocenters. The Labute approximate surface area is 116 Å². The quantitative estimate of drug-likeness (QED) is 0.748. The highest BCUT2D eigenvalue weighted by Gasteiger charge is 2.39. The molecule has 0 aromatic heterocycles. The van der Waals surface area contributed by atoms with Crippen LogP contribution in [-0.4, -0.2) is 23.7 Å². The highest BCUT2D eigenvalue weighted by molar-refractivity contribution is 5.85. The summed E-state index contributed by atoms with van der Waals surface area (Å²) in [5.41, 5.74) is -0.372. The van der Waals surface area contributed by atoms with Crippen LogP contribution in [0.15, 0.2) is 0 Å². The van der Waals surface area contributed by atoms with E-state index < -0.39 is 0 Å². The van der Waals surface area contributed by atoms with Crippen molar-refractivity contribution in [2.45, 2.75) is 77.0 Å². The molecule has 0 amide bonds. The van der Waals surface area contributed by atoms with Crippen molar-refractivity contribution >= 4 is 18.4 Å². The monoisotopic (exact) mass is 275 g/mol. The van der Waals surface area contributed by atoms with Gasteiger partial charge < -0.3 is 10.1 Å². The predicted octanol–water partition coefficient (Wildman–Crippen LogP) is 3.06. The second-order valence-electron chi connectivity index (χ2n) is 6.49. The van der Waals surface area contributed by atoms with Gasteiger partial charge in [-0.15, -0.1) is 12.4 Å². The van der Waals surface area contributed by atoms with Gasteiger partial charge in [0.05, 0.1) is 0 Å². The molecule has 0 aromatic carbocycles. The lowest BCUT2D eigenvalue weighted by Crippen LogP contribution is -2.40. The largest absolute Gasteiger partial charge is 0.459 e. The van der Waals surface area contributed by atoms with Crippen LogP contribution in [0.25, 0.3) is 0 Å². The van der Waals surface area contributed by atoms with Crippen molar-refractivity contribution in [3.63, 3.8) is 0 Å². The molecule has 1 aliphatic heterocycles. The Morgan fingerprint density at radius 2 is 1.83 bits per heavy atom. The number of halogens is 1. The van der Waals surface area contributed by atoms with E-state index in [-0.39, 0.29) is 30.0 Å². The summed E-state index contributed by atoms with van der Waals surface area (Å²) >= 11 is 0. The molecule has 106 valence electrons. The topological polar surface area (TPSA) is 38.3 Å². The third-order valence-electron chi connectivity index (χ3n) is 3.80. The first-order valence-corrected chi connectivity index (χ1v) is 6.94. The number of ether oxygens (including phenoxy) is 1. The number of rotatable bonds is 1. The molecule has 18 heavy (non-hydrogen) atoms. The van der Waals surface area contributed by atoms with Gasteiger partial charge in [-0.1, -0.05) is 19.3 Å². The minimum atomic E-state index is -0.372. The summed E-state index contributed by atoms with van der Waals surface area (Å²) < 4.78 is 5.46. The van der Waals surface area contributed by atoms with Crippen LogP contribution in [0.1, 0.15) is 59.3 Å². The molecular weight excluding hydrogens is 250 g/mol. The summed E-state index contributed by atoms with van der Waals surface area (Å²) in [6.07, 6.45) is 7.45. The summed E-state index contributed by atoms with van der Waals surface area (Å²) in [5.74, 6) is 0.626. The van der Waals surface area contributed by atoms with Gasteiger partial charge in [0.2, 0.25) is 0 Å². The third-order valence-corrected chi connectivity index (χ3v) is 3.80. The first-order valence-electron chi connectivity index (χ1n) is 6.94. The van der Waals surface area contributed by atoms with Gasteiger partial charge in [-0.2, -0.15) is 0 Å². The Hall–Kier alpha value is -0.280. The van der Waals surface area contributed by atoms with Crippen molar-refractivity contribution in [1.29, 1.82) is 0 Å². The van der Waals surface area contributed by atoms with Gasteiger partial charge in [-0.05, 0) is 46.0 Å². The molecule has 1 saturated carbocycles. The lowest BCUT2D eigenvalue weighted by Gasteiger charge is -2.22. The van der Waals surface area contributed by atoms with E-state index >= 15 is 0 Å². The number of hydrogen-bond donors (Lipinski definition) is 1. The van der Waals surface area contributed by atoms with Crippen LogP contribution in [0, 0.1) is 5.92 Å². The number of fused-ring (bicyclic) bond motifs is 1. The number of hydrogen-bond acceptors (Lipinski definition) is 3. The maximum atomic E-state index is 12.0. The van der Waals surface area contributed by atoms with Gasteiger partial charge in [0.25, 0.3) is 0 Å². The summed E-state index contributed by atoms with van der Waals surface area (Å²) in [5, 5.41) is 3.48. The van der Waals surface area contributed by atoms with Crippen LogP contribution in [-0.2, 0) is 9.53 Å². The Bertz CT molecular complexity index is 274. The molecule has 0 radical (unpaired) electrons. The molecule has 3 nitrogen and oxygen atoms in total. The molecule has 0 aromatic rings. The molecule has 0 spiro atoms. The zero-order valence-electron chi connectivity index (χ0n) is 11.7. The molecule has 1 heterocycles. The first-order chi connectivity index (χ1) is 7.96. The molecule has 3 atom stereocenters. The molecule has 1 saturated heterocycles. The molecule has 1 N–H and O–H groups in total. The predicted molar refractivity (Wildman–Crippen MR) is 75.0 cm³/mol. The van der Waals surface area contributed by atoms with Gasteiger partial charge >= 0.3 is 5.97 Å². The van der Waals surface area contributed by atoms with E-state index in [1.807, 2.05) is 20.8 Å². The standard InChI is InChI=1S/C14H25NO2.ClH/c1-14(2,3)17-13(16)12-9-10-7-5-4-6-8-11(10)15-12;/h10-12,15H,4-9H2,1-3H3;1H/t10-,11+,12-;/m1./s1.